The van der Waals surface area contributed by atoms with Crippen LogP contribution in [0.4, 0.5) is 0 Å². The van der Waals surface area contributed by atoms with Crippen LogP contribution in [-0.2, 0) is 5.75 Å². The number of ether oxygens (including phenoxy) is 1. The average molecular weight is 265 g/mol. The van der Waals surface area contributed by atoms with Crippen LogP contribution in [0.3, 0.4) is 0 Å². The van der Waals surface area contributed by atoms with Crippen molar-refractivity contribution in [2.75, 3.05) is 7.11 Å². The van der Waals surface area contributed by atoms with Gasteiger partial charge in [0.05, 0.1) is 7.11 Å². The normalized spacial score (nSPS) is 10.2. The summed E-state index contributed by atoms with van der Waals surface area (Å²) in [4.78, 5) is 1.17. The van der Waals surface area contributed by atoms with E-state index in [0.29, 0.717) is 0 Å². The molecule has 0 aliphatic carbocycles. The van der Waals surface area contributed by atoms with Gasteiger partial charge in [0.15, 0.2) is 0 Å². The Labute approximate surface area is 111 Å². The minimum atomic E-state index is 0.773. The molecule has 2 rings (SSSR count). The first kappa shape index (κ1) is 12.3. The molecule has 88 valence electrons. The van der Waals surface area contributed by atoms with Gasteiger partial charge < -0.3 is 4.74 Å². The predicted octanol–water partition coefficient (Wildman–Crippen LogP) is 4.64. The molecule has 0 heterocycles. The van der Waals surface area contributed by atoms with Gasteiger partial charge in [-0.05, 0) is 24.3 Å². The molecule has 0 saturated carbocycles. The molecule has 0 saturated heterocycles. The van der Waals surface area contributed by atoms with Gasteiger partial charge in [0.1, 0.15) is 5.75 Å². The van der Waals surface area contributed by atoms with Crippen molar-refractivity contribution >= 4 is 23.4 Å². The Balaban J connectivity index is 2.07. The minimum Gasteiger partial charge on any atom is -0.496 e. The van der Waals surface area contributed by atoms with Gasteiger partial charge in [-0.15, -0.1) is 11.8 Å². The van der Waals surface area contributed by atoms with E-state index in [2.05, 4.69) is 12.1 Å². The van der Waals surface area contributed by atoms with Gasteiger partial charge >= 0.3 is 0 Å². The first-order chi connectivity index (χ1) is 8.29. The lowest BCUT2D eigenvalue weighted by Crippen LogP contribution is -1.89. The lowest BCUT2D eigenvalue weighted by atomic mass is 10.2. The average Bonchev–Trinajstić information content (AvgIpc) is 2.37. The topological polar surface area (TPSA) is 9.23 Å². The summed E-state index contributed by atoms with van der Waals surface area (Å²) in [6, 6.07) is 15.9. The van der Waals surface area contributed by atoms with Gasteiger partial charge in [-0.1, -0.05) is 35.9 Å². The maximum atomic E-state index is 5.95. The highest BCUT2D eigenvalue weighted by atomic mass is 35.5. The maximum Gasteiger partial charge on any atom is 0.122 e. The van der Waals surface area contributed by atoms with Gasteiger partial charge in [-0.25, -0.2) is 0 Å². The Kier molecular flexibility index (Phi) is 4.35. The van der Waals surface area contributed by atoms with Gasteiger partial charge in [-0.3, -0.25) is 0 Å². The Bertz CT molecular complexity index is 499. The fourth-order valence-corrected chi connectivity index (χ4v) is 2.74. The molecule has 0 spiro atoms. The van der Waals surface area contributed by atoms with Gasteiger partial charge in [0.25, 0.3) is 0 Å². The van der Waals surface area contributed by atoms with Crippen molar-refractivity contribution in [1.29, 1.82) is 0 Å². The number of halogens is 1. The minimum absolute atomic E-state index is 0.773. The van der Waals surface area contributed by atoms with E-state index in [-0.39, 0.29) is 0 Å². The molecule has 17 heavy (non-hydrogen) atoms. The third kappa shape index (κ3) is 3.42. The maximum absolute atomic E-state index is 5.95. The van der Waals surface area contributed by atoms with Crippen LogP contribution < -0.4 is 4.74 Å². The molecule has 0 fully saturated rings. The lowest BCUT2D eigenvalue weighted by molar-refractivity contribution is 0.411. The molecule has 3 heteroatoms. The molecule has 0 atom stereocenters. The molecule has 0 radical (unpaired) electrons. The second kappa shape index (κ2) is 5.99. The zero-order valence-corrected chi connectivity index (χ0v) is 11.1. The molecule has 0 unspecified atom stereocenters. The highest BCUT2D eigenvalue weighted by Gasteiger charge is 2.02. The molecule has 0 aliphatic heterocycles. The SMILES string of the molecule is COc1ccccc1CSc1cccc(Cl)c1. The molecule has 1 nitrogen and oxygen atoms in total. The van der Waals surface area contributed by atoms with E-state index in [1.54, 1.807) is 18.9 Å². The Morgan fingerprint density at radius 2 is 1.94 bits per heavy atom. The Morgan fingerprint density at radius 1 is 1.12 bits per heavy atom. The number of para-hydroxylation sites is 1. The van der Waals surface area contributed by atoms with Crippen molar-refractivity contribution in [3.8, 4) is 5.75 Å². The zero-order chi connectivity index (χ0) is 12.1. The highest BCUT2D eigenvalue weighted by Crippen LogP contribution is 2.28. The van der Waals surface area contributed by atoms with E-state index >= 15 is 0 Å². The van der Waals surface area contributed by atoms with Gasteiger partial charge in [-0.2, -0.15) is 0 Å². The van der Waals surface area contributed by atoms with Crippen molar-refractivity contribution in [3.05, 3.63) is 59.1 Å². The van der Waals surface area contributed by atoms with E-state index in [1.807, 2.05) is 36.4 Å². The second-order valence-corrected chi connectivity index (χ2v) is 5.04. The smallest absolute Gasteiger partial charge is 0.122 e. The van der Waals surface area contributed by atoms with Crippen molar-refractivity contribution in [3.63, 3.8) is 0 Å². The van der Waals surface area contributed by atoms with Crippen molar-refractivity contribution < 1.29 is 4.74 Å². The third-order valence-electron chi connectivity index (χ3n) is 2.38. The Hall–Kier alpha value is -1.12. The summed E-state index contributed by atoms with van der Waals surface area (Å²) in [5.74, 6) is 1.81. The number of benzene rings is 2. The first-order valence-corrected chi connectivity index (χ1v) is 6.66. The summed E-state index contributed by atoms with van der Waals surface area (Å²) in [5.41, 5.74) is 1.19. The van der Waals surface area contributed by atoms with Crippen LogP contribution >= 0.6 is 23.4 Å². The summed E-state index contributed by atoms with van der Waals surface area (Å²) in [6.45, 7) is 0. The highest BCUT2D eigenvalue weighted by molar-refractivity contribution is 7.98. The molecule has 2 aromatic rings. The lowest BCUT2D eigenvalue weighted by Gasteiger charge is -2.07. The molecule has 0 bridgehead atoms. The number of rotatable bonds is 4. The fourth-order valence-electron chi connectivity index (χ4n) is 1.54. The van der Waals surface area contributed by atoms with E-state index in [9.17, 15) is 0 Å². The second-order valence-electron chi connectivity index (χ2n) is 3.56. The molecular weight excluding hydrogens is 252 g/mol. The molecule has 0 amide bonds. The van der Waals surface area contributed by atoms with Crippen LogP contribution in [0.15, 0.2) is 53.4 Å². The van der Waals surface area contributed by atoms with Crippen molar-refractivity contribution in [2.24, 2.45) is 0 Å². The molecule has 0 aliphatic rings. The summed E-state index contributed by atoms with van der Waals surface area (Å²) in [5, 5.41) is 0.773. The standard InChI is InChI=1S/C14H13ClOS/c1-16-14-8-3-2-5-11(14)10-17-13-7-4-6-12(15)9-13/h2-9H,10H2,1H3. The van der Waals surface area contributed by atoms with Crippen LogP contribution in [-0.4, -0.2) is 7.11 Å². The summed E-state index contributed by atoms with van der Waals surface area (Å²) < 4.78 is 5.32. The third-order valence-corrected chi connectivity index (χ3v) is 3.66. The van der Waals surface area contributed by atoms with Gasteiger partial charge in [0.2, 0.25) is 0 Å². The molecule has 2 aromatic carbocycles. The largest absolute Gasteiger partial charge is 0.496 e. The zero-order valence-electron chi connectivity index (χ0n) is 9.52. The van der Waals surface area contributed by atoms with E-state index in [0.717, 1.165) is 16.5 Å². The quantitative estimate of drug-likeness (QED) is 0.744. The van der Waals surface area contributed by atoms with E-state index in [4.69, 9.17) is 16.3 Å². The molecule has 0 N–H and O–H groups in total. The van der Waals surface area contributed by atoms with Crippen LogP contribution in [0.2, 0.25) is 5.02 Å². The van der Waals surface area contributed by atoms with E-state index in [1.165, 1.54) is 10.5 Å². The van der Waals surface area contributed by atoms with Crippen LogP contribution in [0.25, 0.3) is 0 Å². The monoisotopic (exact) mass is 264 g/mol. The van der Waals surface area contributed by atoms with E-state index < -0.39 is 0 Å². The fraction of sp³-hybridized carbons (Fsp3) is 0.143. The van der Waals surface area contributed by atoms with Gasteiger partial charge in [0, 0.05) is 21.2 Å². The first-order valence-electron chi connectivity index (χ1n) is 5.30. The predicted molar refractivity (Wildman–Crippen MR) is 74.0 cm³/mol. The number of hydrogen-bond acceptors (Lipinski definition) is 2. The van der Waals surface area contributed by atoms with Crippen molar-refractivity contribution in [2.45, 2.75) is 10.6 Å². The summed E-state index contributed by atoms with van der Waals surface area (Å²) >= 11 is 7.70. The summed E-state index contributed by atoms with van der Waals surface area (Å²) in [7, 11) is 1.70. The molecular formula is C14H13ClOS. The Morgan fingerprint density at radius 3 is 2.71 bits per heavy atom. The van der Waals surface area contributed by atoms with Crippen LogP contribution in [0.1, 0.15) is 5.56 Å². The summed E-state index contributed by atoms with van der Waals surface area (Å²) in [6.07, 6.45) is 0. The number of methoxy groups -OCH3 is 1. The molecule has 0 aromatic heterocycles. The number of thioether (sulfide) groups is 1. The number of hydrogen-bond donors (Lipinski definition) is 0. The van der Waals surface area contributed by atoms with Crippen LogP contribution in [0, 0.1) is 0 Å². The van der Waals surface area contributed by atoms with Crippen LogP contribution in [0.5, 0.6) is 5.75 Å². The van der Waals surface area contributed by atoms with Crippen molar-refractivity contribution in [1.82, 2.24) is 0 Å².